The van der Waals surface area contributed by atoms with Crippen molar-refractivity contribution >= 4 is 23.8 Å². The van der Waals surface area contributed by atoms with E-state index in [-0.39, 0.29) is 50.5 Å². The third kappa shape index (κ3) is 10.8. The van der Waals surface area contributed by atoms with E-state index in [1.165, 1.54) is 7.05 Å². The molecule has 34 heavy (non-hydrogen) atoms. The minimum Gasteiger partial charge on any atom is -0.466 e. The molecule has 192 valence electrons. The van der Waals surface area contributed by atoms with Crippen molar-refractivity contribution in [2.45, 2.75) is 47.0 Å². The quantitative estimate of drug-likeness (QED) is 0.404. The number of carbonyl (C=O) groups is 4. The molecule has 1 amide bonds. The summed E-state index contributed by atoms with van der Waals surface area (Å²) in [5, 5.41) is 0. The molecule has 0 bridgehead atoms. The first-order valence-corrected chi connectivity index (χ1v) is 11.7. The highest BCUT2D eigenvalue weighted by Crippen LogP contribution is 2.38. The molecule has 1 aromatic rings. The fraction of sp³-hybridized carbons (Fsp3) is 0.600. The van der Waals surface area contributed by atoms with Crippen molar-refractivity contribution in [3.05, 3.63) is 35.9 Å². The van der Waals surface area contributed by atoms with Crippen LogP contribution in [-0.4, -0.2) is 50.7 Å². The molecule has 1 fully saturated rings. The van der Waals surface area contributed by atoms with Gasteiger partial charge in [-0.1, -0.05) is 37.3 Å². The molecule has 3 unspecified atom stereocenters. The van der Waals surface area contributed by atoms with Crippen LogP contribution in [0.5, 0.6) is 0 Å². The number of primary amides is 1. The maximum absolute atomic E-state index is 11.9. The third-order valence-corrected chi connectivity index (χ3v) is 5.23. The van der Waals surface area contributed by atoms with Crippen molar-refractivity contribution in [2.24, 2.45) is 35.1 Å². The second-order valence-corrected chi connectivity index (χ2v) is 7.63. The van der Waals surface area contributed by atoms with Gasteiger partial charge < -0.3 is 25.7 Å². The highest BCUT2D eigenvalue weighted by molar-refractivity contribution is 5.85. The lowest BCUT2D eigenvalue weighted by atomic mass is 9.96. The van der Waals surface area contributed by atoms with Crippen LogP contribution >= 0.6 is 0 Å². The first kappa shape index (κ1) is 31.1. The van der Waals surface area contributed by atoms with E-state index in [1.54, 1.807) is 20.8 Å². The Labute approximate surface area is 202 Å². The molecule has 1 aliphatic carbocycles. The van der Waals surface area contributed by atoms with E-state index < -0.39 is 29.7 Å². The summed E-state index contributed by atoms with van der Waals surface area (Å²) in [6, 6.07) is 9.88. The number of rotatable bonds is 9. The van der Waals surface area contributed by atoms with Gasteiger partial charge in [-0.05, 0) is 52.6 Å². The Balaban J connectivity index is 0.000000662. The second-order valence-electron chi connectivity index (χ2n) is 7.63. The van der Waals surface area contributed by atoms with Gasteiger partial charge >= 0.3 is 17.9 Å². The van der Waals surface area contributed by atoms with Crippen molar-refractivity contribution in [3.8, 4) is 0 Å². The van der Waals surface area contributed by atoms with E-state index >= 15 is 0 Å². The Morgan fingerprint density at radius 1 is 0.824 bits per heavy atom. The van der Waals surface area contributed by atoms with Crippen LogP contribution in [-0.2, 0) is 39.8 Å². The normalized spacial score (nSPS) is 19.3. The molecule has 2 rings (SSSR count). The van der Waals surface area contributed by atoms with Crippen molar-refractivity contribution in [2.75, 3.05) is 26.9 Å². The van der Waals surface area contributed by atoms with Gasteiger partial charge in [0.25, 0.3) is 0 Å². The van der Waals surface area contributed by atoms with Crippen LogP contribution in [0.15, 0.2) is 30.3 Å². The Bertz CT molecular complexity index is 729. The summed E-state index contributed by atoms with van der Waals surface area (Å²) in [7, 11) is 1.50. The minimum atomic E-state index is -0.622. The van der Waals surface area contributed by atoms with Gasteiger partial charge in [0.1, 0.15) is 0 Å². The Morgan fingerprint density at radius 3 is 1.62 bits per heavy atom. The zero-order valence-corrected chi connectivity index (χ0v) is 21.0. The summed E-state index contributed by atoms with van der Waals surface area (Å²) in [6.07, 6.45) is 1.29. The van der Waals surface area contributed by atoms with Gasteiger partial charge in [-0.25, -0.2) is 0 Å². The number of nitrogens with two attached hydrogens (primary N) is 2. The molecule has 0 radical (unpaired) electrons. The maximum Gasteiger partial charge on any atom is 0.309 e. The lowest BCUT2D eigenvalue weighted by Crippen LogP contribution is -2.28. The second kappa shape index (κ2) is 17.5. The van der Waals surface area contributed by atoms with Crippen LogP contribution in [0.25, 0.3) is 0 Å². The summed E-state index contributed by atoms with van der Waals surface area (Å²) in [6.45, 7) is 7.74. The van der Waals surface area contributed by atoms with Gasteiger partial charge in [0.15, 0.2) is 0 Å². The van der Waals surface area contributed by atoms with Gasteiger partial charge in [-0.15, -0.1) is 0 Å². The largest absolute Gasteiger partial charge is 0.466 e. The molecule has 0 heterocycles. The van der Waals surface area contributed by atoms with E-state index in [2.05, 4.69) is 5.73 Å². The molecule has 0 aromatic heterocycles. The smallest absolute Gasteiger partial charge is 0.309 e. The fourth-order valence-electron chi connectivity index (χ4n) is 3.58. The molecule has 4 N–H and O–H groups in total. The average Bonchev–Trinajstić information content (AvgIpc) is 3.28. The van der Waals surface area contributed by atoms with Gasteiger partial charge in [0.05, 0.1) is 37.6 Å². The van der Waals surface area contributed by atoms with Crippen molar-refractivity contribution in [1.29, 1.82) is 0 Å². The molecular formula is C25H40N2O7. The molecule has 9 heteroatoms. The number of esters is 3. The number of carbonyl (C=O) groups excluding carboxylic acids is 4. The van der Waals surface area contributed by atoms with Gasteiger partial charge in [0.2, 0.25) is 5.91 Å². The number of benzene rings is 1. The molecule has 0 saturated heterocycles. The predicted octanol–water partition coefficient (Wildman–Crippen LogP) is 2.24. The third-order valence-electron chi connectivity index (χ3n) is 5.23. The highest BCUT2D eigenvalue weighted by atomic mass is 16.5. The monoisotopic (exact) mass is 480 g/mol. The first-order chi connectivity index (χ1) is 16.2. The predicted molar refractivity (Wildman–Crippen MR) is 128 cm³/mol. The number of ether oxygens (including phenoxy) is 3. The Hall–Kier alpha value is -2.94. The number of amides is 1. The standard InChI is InChI=1S/C14H22O6.C10H13NO.CH5N/c1-4-18-12(15)9-7-10(13(16)19-5-2)11(8-9)14(17)20-6-3;1-8(10(11)12)7-9-5-3-2-4-6-9;1-2/h9-11H,4-8H2,1-3H3;2-6,8H,7H2,1H3,(H2,11,12);2H2,1H3. The van der Waals surface area contributed by atoms with Crippen LogP contribution in [0.3, 0.4) is 0 Å². The summed E-state index contributed by atoms with van der Waals surface area (Å²) >= 11 is 0. The SMILES string of the molecule is CC(Cc1ccccc1)C(N)=O.CCOC(=O)C1CC(C(=O)OCC)C(C(=O)OCC)C1.CN. The number of hydrogen-bond donors (Lipinski definition) is 2. The van der Waals surface area contributed by atoms with Crippen molar-refractivity contribution < 1.29 is 33.4 Å². The molecule has 3 atom stereocenters. The highest BCUT2D eigenvalue weighted by Gasteiger charge is 2.47. The fourth-order valence-corrected chi connectivity index (χ4v) is 3.58. The van der Waals surface area contributed by atoms with Crippen molar-refractivity contribution in [3.63, 3.8) is 0 Å². The molecule has 0 spiro atoms. The van der Waals surface area contributed by atoms with Crippen molar-refractivity contribution in [1.82, 2.24) is 0 Å². The molecule has 1 saturated carbocycles. The molecule has 9 nitrogen and oxygen atoms in total. The lowest BCUT2D eigenvalue weighted by molar-refractivity contribution is -0.158. The van der Waals surface area contributed by atoms with Crippen LogP contribution in [0.1, 0.15) is 46.1 Å². The summed E-state index contributed by atoms with van der Waals surface area (Å²) < 4.78 is 14.9. The summed E-state index contributed by atoms with van der Waals surface area (Å²) in [4.78, 5) is 46.3. The zero-order valence-electron chi connectivity index (χ0n) is 21.0. The Morgan fingerprint density at radius 2 is 1.24 bits per heavy atom. The maximum atomic E-state index is 11.9. The van der Waals surface area contributed by atoms with Gasteiger partial charge in [-0.2, -0.15) is 0 Å². The topological polar surface area (TPSA) is 148 Å². The molecular weight excluding hydrogens is 440 g/mol. The van der Waals surface area contributed by atoms with Crippen LogP contribution in [0, 0.1) is 23.7 Å². The van der Waals surface area contributed by atoms with Crippen LogP contribution < -0.4 is 11.5 Å². The average molecular weight is 481 g/mol. The van der Waals surface area contributed by atoms with Crippen LogP contribution in [0.2, 0.25) is 0 Å². The van der Waals surface area contributed by atoms with E-state index in [4.69, 9.17) is 19.9 Å². The van der Waals surface area contributed by atoms with Gasteiger partial charge in [-0.3, -0.25) is 19.2 Å². The van der Waals surface area contributed by atoms with E-state index in [0.29, 0.717) is 0 Å². The summed E-state index contributed by atoms with van der Waals surface area (Å²) in [5.74, 6) is -3.26. The molecule has 1 aliphatic rings. The first-order valence-electron chi connectivity index (χ1n) is 11.7. The van der Waals surface area contributed by atoms with E-state index in [9.17, 15) is 19.2 Å². The molecule has 1 aromatic carbocycles. The van der Waals surface area contributed by atoms with E-state index in [0.717, 1.165) is 12.0 Å². The number of hydrogen-bond acceptors (Lipinski definition) is 8. The van der Waals surface area contributed by atoms with Gasteiger partial charge in [0, 0.05) is 5.92 Å². The van der Waals surface area contributed by atoms with E-state index in [1.807, 2.05) is 37.3 Å². The Kier molecular flexibility index (Phi) is 16.0. The minimum absolute atomic E-state index is 0.0765. The molecule has 0 aliphatic heterocycles. The zero-order chi connectivity index (χ0) is 26.1. The van der Waals surface area contributed by atoms with Crippen LogP contribution in [0.4, 0.5) is 0 Å². The lowest BCUT2D eigenvalue weighted by Gasteiger charge is -2.16. The summed E-state index contributed by atoms with van der Waals surface area (Å²) in [5.41, 5.74) is 10.8.